The van der Waals surface area contributed by atoms with E-state index in [1.807, 2.05) is 54.3 Å². The SMILES string of the molecule is CCc1ccc2nc(C)cc(C(=O)N3CCC4(CC3)C[C@H]4C(=O)Nc3ccccc3)c2c1. The van der Waals surface area contributed by atoms with Crippen LogP contribution < -0.4 is 5.32 Å². The van der Waals surface area contributed by atoms with Crippen molar-refractivity contribution in [3.63, 3.8) is 0 Å². The largest absolute Gasteiger partial charge is 0.339 e. The van der Waals surface area contributed by atoms with Crippen LogP contribution in [-0.4, -0.2) is 34.8 Å². The predicted octanol–water partition coefficient (Wildman–Crippen LogP) is 4.99. The summed E-state index contributed by atoms with van der Waals surface area (Å²) in [6, 6.07) is 17.8. The van der Waals surface area contributed by atoms with Gasteiger partial charge in [0.25, 0.3) is 5.91 Å². The number of likely N-dealkylation sites (tertiary alicyclic amines) is 1. The van der Waals surface area contributed by atoms with E-state index in [1.165, 1.54) is 5.56 Å². The van der Waals surface area contributed by atoms with Crippen LogP contribution in [0.3, 0.4) is 0 Å². The highest BCUT2D eigenvalue weighted by Crippen LogP contribution is 2.59. The number of anilines is 1. The number of para-hydroxylation sites is 1. The number of aromatic nitrogens is 1. The molecule has 2 aliphatic rings. The molecule has 1 saturated heterocycles. The Morgan fingerprint density at radius 2 is 1.84 bits per heavy atom. The van der Waals surface area contributed by atoms with E-state index < -0.39 is 0 Å². The summed E-state index contributed by atoms with van der Waals surface area (Å²) in [6.45, 7) is 5.46. The highest BCUT2D eigenvalue weighted by atomic mass is 16.2. The Balaban J connectivity index is 1.28. The lowest BCUT2D eigenvalue weighted by Gasteiger charge is -2.33. The van der Waals surface area contributed by atoms with Crippen LogP contribution in [0.2, 0.25) is 0 Å². The van der Waals surface area contributed by atoms with Gasteiger partial charge >= 0.3 is 0 Å². The first-order chi connectivity index (χ1) is 15.5. The summed E-state index contributed by atoms with van der Waals surface area (Å²) >= 11 is 0. The molecule has 164 valence electrons. The minimum absolute atomic E-state index is 0.0519. The molecule has 3 aromatic rings. The van der Waals surface area contributed by atoms with E-state index in [2.05, 4.69) is 29.4 Å². The number of hydrogen-bond acceptors (Lipinski definition) is 3. The molecule has 1 aliphatic heterocycles. The second-order valence-corrected chi connectivity index (χ2v) is 9.28. The number of fused-ring (bicyclic) bond motifs is 1. The summed E-state index contributed by atoms with van der Waals surface area (Å²) < 4.78 is 0. The van der Waals surface area contributed by atoms with Gasteiger partial charge in [-0.1, -0.05) is 31.2 Å². The van der Waals surface area contributed by atoms with Gasteiger partial charge in [-0.25, -0.2) is 0 Å². The van der Waals surface area contributed by atoms with Gasteiger partial charge in [0, 0.05) is 35.8 Å². The number of hydrogen-bond donors (Lipinski definition) is 1. The predicted molar refractivity (Wildman–Crippen MR) is 127 cm³/mol. The lowest BCUT2D eigenvalue weighted by Crippen LogP contribution is -2.40. The first-order valence-electron chi connectivity index (χ1n) is 11.5. The summed E-state index contributed by atoms with van der Waals surface area (Å²) in [6.07, 6.45) is 3.61. The van der Waals surface area contributed by atoms with Crippen molar-refractivity contribution in [3.05, 3.63) is 71.4 Å². The number of carbonyl (C=O) groups excluding carboxylic acids is 2. The third-order valence-electron chi connectivity index (χ3n) is 7.23. The van der Waals surface area contributed by atoms with E-state index in [-0.39, 0.29) is 23.1 Å². The summed E-state index contributed by atoms with van der Waals surface area (Å²) in [5, 5.41) is 3.98. The fourth-order valence-electron chi connectivity index (χ4n) is 5.15. The molecule has 1 atom stereocenters. The Labute approximate surface area is 188 Å². The van der Waals surface area contributed by atoms with Crippen LogP contribution in [0.15, 0.2) is 54.6 Å². The molecule has 32 heavy (non-hydrogen) atoms. The number of nitrogens with one attached hydrogen (secondary N) is 1. The smallest absolute Gasteiger partial charge is 0.254 e. The average molecular weight is 428 g/mol. The van der Waals surface area contributed by atoms with E-state index >= 15 is 0 Å². The molecule has 1 aliphatic carbocycles. The van der Waals surface area contributed by atoms with Crippen LogP contribution in [0.5, 0.6) is 0 Å². The molecule has 1 aromatic heterocycles. The molecular formula is C27H29N3O2. The molecule has 0 radical (unpaired) electrons. The lowest BCUT2D eigenvalue weighted by atomic mass is 9.90. The summed E-state index contributed by atoms with van der Waals surface area (Å²) in [4.78, 5) is 32.8. The Hall–Kier alpha value is -3.21. The normalized spacial score (nSPS) is 19.2. The standard InChI is InChI=1S/C27H29N3O2/c1-3-19-9-10-24-21(16-19)22(15-18(2)28-24)26(32)30-13-11-27(12-14-30)17-23(27)25(31)29-20-7-5-4-6-8-20/h4-10,15-16,23H,3,11-14,17H2,1-2H3,(H,29,31)/t23-/m0/s1. The molecule has 1 saturated carbocycles. The monoisotopic (exact) mass is 427 g/mol. The number of amides is 2. The Bertz CT molecular complexity index is 1180. The third kappa shape index (κ3) is 3.77. The molecule has 1 spiro atoms. The van der Waals surface area contributed by atoms with Gasteiger partial charge in [0.15, 0.2) is 0 Å². The van der Waals surface area contributed by atoms with E-state index in [1.54, 1.807) is 0 Å². The third-order valence-corrected chi connectivity index (χ3v) is 7.23. The van der Waals surface area contributed by atoms with Gasteiger partial charge < -0.3 is 10.2 Å². The zero-order valence-corrected chi connectivity index (χ0v) is 18.7. The van der Waals surface area contributed by atoms with Crippen LogP contribution in [0.4, 0.5) is 5.69 Å². The fraction of sp³-hybridized carbons (Fsp3) is 0.370. The van der Waals surface area contributed by atoms with E-state index in [9.17, 15) is 9.59 Å². The first kappa shape index (κ1) is 20.7. The quantitative estimate of drug-likeness (QED) is 0.638. The maximum Gasteiger partial charge on any atom is 0.254 e. The molecule has 5 heteroatoms. The number of rotatable bonds is 4. The van der Waals surface area contributed by atoms with E-state index in [0.29, 0.717) is 13.1 Å². The van der Waals surface area contributed by atoms with Crippen molar-refractivity contribution in [2.45, 2.75) is 39.5 Å². The number of benzene rings is 2. The van der Waals surface area contributed by atoms with Crippen LogP contribution in [0.1, 0.15) is 47.8 Å². The molecule has 1 N–H and O–H groups in total. The lowest BCUT2D eigenvalue weighted by molar-refractivity contribution is -0.118. The van der Waals surface area contributed by atoms with Crippen LogP contribution in [0, 0.1) is 18.3 Å². The van der Waals surface area contributed by atoms with Gasteiger partial charge in [-0.15, -0.1) is 0 Å². The van der Waals surface area contributed by atoms with Crippen molar-refractivity contribution in [1.82, 2.24) is 9.88 Å². The Morgan fingerprint density at radius 1 is 1.09 bits per heavy atom. The van der Waals surface area contributed by atoms with Gasteiger partial charge in [0.1, 0.15) is 0 Å². The highest BCUT2D eigenvalue weighted by Gasteiger charge is 2.58. The second-order valence-electron chi connectivity index (χ2n) is 9.28. The van der Waals surface area contributed by atoms with Crippen LogP contribution in [-0.2, 0) is 11.2 Å². The van der Waals surface area contributed by atoms with E-state index in [0.717, 1.165) is 53.5 Å². The van der Waals surface area contributed by atoms with Crippen molar-refractivity contribution >= 4 is 28.4 Å². The molecule has 2 heterocycles. The Kier molecular flexibility index (Phi) is 5.20. The number of nitrogens with zero attached hydrogens (tertiary/aromatic N) is 2. The molecule has 2 fully saturated rings. The van der Waals surface area contributed by atoms with Gasteiger partial charge in [-0.3, -0.25) is 14.6 Å². The summed E-state index contributed by atoms with van der Waals surface area (Å²) in [5.41, 5.74) is 4.59. The molecule has 5 nitrogen and oxygen atoms in total. The summed E-state index contributed by atoms with van der Waals surface area (Å²) in [5.74, 6) is 0.240. The maximum atomic E-state index is 13.5. The van der Waals surface area contributed by atoms with Crippen molar-refractivity contribution in [2.75, 3.05) is 18.4 Å². The van der Waals surface area contributed by atoms with Crippen molar-refractivity contribution in [1.29, 1.82) is 0 Å². The molecule has 2 aromatic carbocycles. The van der Waals surface area contributed by atoms with Crippen molar-refractivity contribution in [2.24, 2.45) is 11.3 Å². The highest BCUT2D eigenvalue weighted by molar-refractivity contribution is 6.06. The topological polar surface area (TPSA) is 62.3 Å². The average Bonchev–Trinajstić information content (AvgIpc) is 3.52. The first-order valence-corrected chi connectivity index (χ1v) is 11.5. The number of carbonyl (C=O) groups is 2. The fourth-order valence-corrected chi connectivity index (χ4v) is 5.15. The van der Waals surface area contributed by atoms with Gasteiger partial charge in [0.2, 0.25) is 5.91 Å². The minimum Gasteiger partial charge on any atom is -0.339 e. The zero-order valence-electron chi connectivity index (χ0n) is 18.7. The molecule has 5 rings (SSSR count). The molecule has 0 unspecified atom stereocenters. The zero-order chi connectivity index (χ0) is 22.3. The maximum absolute atomic E-state index is 13.5. The molecule has 2 amide bonds. The van der Waals surface area contributed by atoms with Gasteiger partial charge in [-0.2, -0.15) is 0 Å². The number of piperidine rings is 1. The minimum atomic E-state index is 0.0519. The van der Waals surface area contributed by atoms with Crippen LogP contribution >= 0.6 is 0 Å². The summed E-state index contributed by atoms with van der Waals surface area (Å²) in [7, 11) is 0. The molecular weight excluding hydrogens is 398 g/mol. The van der Waals surface area contributed by atoms with Crippen molar-refractivity contribution in [3.8, 4) is 0 Å². The molecule has 0 bridgehead atoms. The van der Waals surface area contributed by atoms with E-state index in [4.69, 9.17) is 0 Å². The van der Waals surface area contributed by atoms with Crippen molar-refractivity contribution < 1.29 is 9.59 Å². The van der Waals surface area contributed by atoms with Gasteiger partial charge in [0.05, 0.1) is 11.1 Å². The van der Waals surface area contributed by atoms with Crippen LogP contribution in [0.25, 0.3) is 10.9 Å². The number of pyridine rings is 1. The Morgan fingerprint density at radius 3 is 2.56 bits per heavy atom. The van der Waals surface area contributed by atoms with Gasteiger partial charge in [-0.05, 0) is 73.9 Å². The second kappa shape index (κ2) is 8.05. The number of aryl methyl sites for hydroxylation is 2.